The molecule has 2 rings (SSSR count). The van der Waals surface area contributed by atoms with E-state index in [9.17, 15) is 4.79 Å². The molecule has 5 heteroatoms. The number of nitrogens with two attached hydrogens (primary N) is 1. The first kappa shape index (κ1) is 14.7. The van der Waals surface area contributed by atoms with E-state index in [2.05, 4.69) is 5.32 Å². The largest absolute Gasteiger partial charge is 0.492 e. The van der Waals surface area contributed by atoms with Crippen molar-refractivity contribution >= 4 is 11.6 Å². The highest BCUT2D eigenvalue weighted by Gasteiger charge is 2.32. The molecule has 0 spiro atoms. The van der Waals surface area contributed by atoms with Crippen LogP contribution in [-0.4, -0.2) is 31.8 Å². The SMILES string of the molecule is CCC1OCCC1C(=O)NCCOc1ccc(N)cc1. The van der Waals surface area contributed by atoms with Gasteiger partial charge in [-0.05, 0) is 37.1 Å². The Morgan fingerprint density at radius 2 is 2.20 bits per heavy atom. The summed E-state index contributed by atoms with van der Waals surface area (Å²) < 4.78 is 11.0. The standard InChI is InChI=1S/C15H22N2O3/c1-2-14-13(7-9-20-14)15(18)17-8-10-19-12-5-3-11(16)4-6-12/h3-6,13-14H,2,7-10,16H2,1H3,(H,17,18). The number of carbonyl (C=O) groups excluding carboxylic acids is 1. The Kier molecular flexibility index (Phi) is 5.24. The number of hydrogen-bond donors (Lipinski definition) is 2. The molecule has 1 heterocycles. The zero-order valence-electron chi connectivity index (χ0n) is 11.8. The van der Waals surface area contributed by atoms with Crippen molar-refractivity contribution < 1.29 is 14.3 Å². The number of hydrogen-bond acceptors (Lipinski definition) is 4. The first-order chi connectivity index (χ1) is 9.70. The lowest BCUT2D eigenvalue weighted by atomic mass is 9.99. The lowest BCUT2D eigenvalue weighted by molar-refractivity contribution is -0.126. The van der Waals surface area contributed by atoms with Gasteiger partial charge in [-0.1, -0.05) is 6.92 Å². The maximum absolute atomic E-state index is 12.0. The fourth-order valence-corrected chi connectivity index (χ4v) is 2.39. The molecule has 0 aliphatic carbocycles. The van der Waals surface area contributed by atoms with Crippen LogP contribution in [0.5, 0.6) is 5.75 Å². The second-order valence-corrected chi connectivity index (χ2v) is 4.92. The van der Waals surface area contributed by atoms with Gasteiger partial charge < -0.3 is 20.5 Å². The molecule has 1 aliphatic rings. The van der Waals surface area contributed by atoms with E-state index in [0.717, 1.165) is 18.6 Å². The van der Waals surface area contributed by atoms with Gasteiger partial charge in [-0.15, -0.1) is 0 Å². The highest BCUT2D eigenvalue weighted by atomic mass is 16.5. The van der Waals surface area contributed by atoms with Crippen molar-refractivity contribution in [2.24, 2.45) is 5.92 Å². The van der Waals surface area contributed by atoms with E-state index in [4.69, 9.17) is 15.2 Å². The fourth-order valence-electron chi connectivity index (χ4n) is 2.39. The van der Waals surface area contributed by atoms with Crippen LogP contribution < -0.4 is 15.8 Å². The molecule has 0 aromatic heterocycles. The van der Waals surface area contributed by atoms with E-state index in [1.165, 1.54) is 0 Å². The van der Waals surface area contributed by atoms with Crippen molar-refractivity contribution in [3.05, 3.63) is 24.3 Å². The molecule has 20 heavy (non-hydrogen) atoms. The van der Waals surface area contributed by atoms with Gasteiger partial charge in [0.25, 0.3) is 0 Å². The highest BCUT2D eigenvalue weighted by Crippen LogP contribution is 2.23. The smallest absolute Gasteiger partial charge is 0.225 e. The average Bonchev–Trinajstić information content (AvgIpc) is 2.94. The van der Waals surface area contributed by atoms with Crippen LogP contribution in [0.1, 0.15) is 19.8 Å². The van der Waals surface area contributed by atoms with Gasteiger partial charge in [0, 0.05) is 12.3 Å². The Morgan fingerprint density at radius 1 is 1.45 bits per heavy atom. The number of benzene rings is 1. The van der Waals surface area contributed by atoms with Gasteiger partial charge in [0.2, 0.25) is 5.91 Å². The molecule has 0 bridgehead atoms. The Morgan fingerprint density at radius 3 is 2.90 bits per heavy atom. The quantitative estimate of drug-likeness (QED) is 0.612. The van der Waals surface area contributed by atoms with E-state index in [0.29, 0.717) is 25.4 Å². The summed E-state index contributed by atoms with van der Waals surface area (Å²) in [6.45, 7) is 3.66. The monoisotopic (exact) mass is 278 g/mol. The van der Waals surface area contributed by atoms with Gasteiger partial charge in [0.1, 0.15) is 12.4 Å². The Bertz CT molecular complexity index is 433. The van der Waals surface area contributed by atoms with Crippen molar-refractivity contribution in [3.63, 3.8) is 0 Å². The van der Waals surface area contributed by atoms with Crippen molar-refractivity contribution in [3.8, 4) is 5.75 Å². The van der Waals surface area contributed by atoms with Gasteiger partial charge in [0.05, 0.1) is 18.6 Å². The Hall–Kier alpha value is -1.75. The zero-order valence-corrected chi connectivity index (χ0v) is 11.8. The Balaban J connectivity index is 1.68. The second-order valence-electron chi connectivity index (χ2n) is 4.92. The number of rotatable bonds is 6. The van der Waals surface area contributed by atoms with Crippen LogP contribution in [0, 0.1) is 5.92 Å². The lowest BCUT2D eigenvalue weighted by Gasteiger charge is -2.16. The maximum Gasteiger partial charge on any atom is 0.225 e. The van der Waals surface area contributed by atoms with Crippen LogP contribution in [0.25, 0.3) is 0 Å². The summed E-state index contributed by atoms with van der Waals surface area (Å²) in [5.41, 5.74) is 6.30. The summed E-state index contributed by atoms with van der Waals surface area (Å²) in [5.74, 6) is 0.802. The van der Waals surface area contributed by atoms with E-state index < -0.39 is 0 Å². The molecule has 0 saturated carbocycles. The summed E-state index contributed by atoms with van der Waals surface area (Å²) in [5, 5.41) is 2.90. The molecular weight excluding hydrogens is 256 g/mol. The van der Waals surface area contributed by atoms with Crippen LogP contribution in [0.2, 0.25) is 0 Å². The fraction of sp³-hybridized carbons (Fsp3) is 0.533. The molecule has 1 aromatic rings. The van der Waals surface area contributed by atoms with Crippen molar-refractivity contribution in [1.29, 1.82) is 0 Å². The number of anilines is 1. The summed E-state index contributed by atoms with van der Waals surface area (Å²) in [7, 11) is 0. The third kappa shape index (κ3) is 3.87. The van der Waals surface area contributed by atoms with Crippen LogP contribution in [-0.2, 0) is 9.53 Å². The minimum atomic E-state index is -0.0171. The van der Waals surface area contributed by atoms with Gasteiger partial charge in [-0.3, -0.25) is 4.79 Å². The lowest BCUT2D eigenvalue weighted by Crippen LogP contribution is -2.37. The summed E-state index contributed by atoms with van der Waals surface area (Å²) >= 11 is 0. The predicted molar refractivity (Wildman–Crippen MR) is 77.5 cm³/mol. The van der Waals surface area contributed by atoms with Gasteiger partial charge in [-0.2, -0.15) is 0 Å². The van der Waals surface area contributed by atoms with E-state index in [-0.39, 0.29) is 17.9 Å². The molecule has 1 fully saturated rings. The van der Waals surface area contributed by atoms with Gasteiger partial charge in [-0.25, -0.2) is 0 Å². The van der Waals surface area contributed by atoms with E-state index in [1.54, 1.807) is 12.1 Å². The zero-order chi connectivity index (χ0) is 14.4. The highest BCUT2D eigenvalue weighted by molar-refractivity contribution is 5.79. The minimum absolute atomic E-state index is 0.0171. The third-order valence-corrected chi connectivity index (χ3v) is 3.50. The molecule has 110 valence electrons. The number of amides is 1. The number of nitrogens with one attached hydrogen (secondary N) is 1. The molecular formula is C15H22N2O3. The molecule has 1 aliphatic heterocycles. The van der Waals surface area contributed by atoms with E-state index in [1.807, 2.05) is 19.1 Å². The number of ether oxygens (including phenoxy) is 2. The molecule has 1 amide bonds. The first-order valence-corrected chi connectivity index (χ1v) is 7.08. The van der Waals surface area contributed by atoms with Crippen LogP contribution in [0.4, 0.5) is 5.69 Å². The molecule has 0 radical (unpaired) electrons. The molecule has 1 aromatic carbocycles. The third-order valence-electron chi connectivity index (χ3n) is 3.50. The predicted octanol–water partition coefficient (Wildman–Crippen LogP) is 1.58. The summed E-state index contributed by atoms with van der Waals surface area (Å²) in [6, 6.07) is 7.20. The van der Waals surface area contributed by atoms with Crippen LogP contribution >= 0.6 is 0 Å². The van der Waals surface area contributed by atoms with Gasteiger partial charge in [0.15, 0.2) is 0 Å². The maximum atomic E-state index is 12.0. The normalized spacial score (nSPS) is 21.6. The number of carbonyl (C=O) groups is 1. The summed E-state index contributed by atoms with van der Waals surface area (Å²) in [4.78, 5) is 12.0. The molecule has 2 atom stereocenters. The Labute approximate surface area is 119 Å². The van der Waals surface area contributed by atoms with Crippen LogP contribution in [0.3, 0.4) is 0 Å². The molecule has 5 nitrogen and oxygen atoms in total. The van der Waals surface area contributed by atoms with E-state index >= 15 is 0 Å². The topological polar surface area (TPSA) is 73.6 Å². The number of nitrogen functional groups attached to an aromatic ring is 1. The molecule has 1 saturated heterocycles. The van der Waals surface area contributed by atoms with Crippen LogP contribution in [0.15, 0.2) is 24.3 Å². The van der Waals surface area contributed by atoms with Gasteiger partial charge >= 0.3 is 0 Å². The average molecular weight is 278 g/mol. The molecule has 3 N–H and O–H groups in total. The summed E-state index contributed by atoms with van der Waals surface area (Å²) in [6.07, 6.45) is 1.75. The second kappa shape index (κ2) is 7.14. The minimum Gasteiger partial charge on any atom is -0.492 e. The molecule has 2 unspecified atom stereocenters. The van der Waals surface area contributed by atoms with Crippen molar-refractivity contribution in [2.75, 3.05) is 25.5 Å². The first-order valence-electron chi connectivity index (χ1n) is 7.08. The van der Waals surface area contributed by atoms with Crippen molar-refractivity contribution in [1.82, 2.24) is 5.32 Å². The van der Waals surface area contributed by atoms with Crippen molar-refractivity contribution in [2.45, 2.75) is 25.9 Å².